The molecule has 0 aliphatic heterocycles. The standard InChI is InChI=1S/C17H18N4OS/c1-13-7-6-8-14(2)16(13)22-11-12-23-17-18-19-20-21(17)15-9-4-3-5-10-15/h3-10H,11-12H2,1-2H3. The predicted molar refractivity (Wildman–Crippen MR) is 91.3 cm³/mol. The second-order valence-electron chi connectivity index (χ2n) is 5.13. The first-order chi connectivity index (χ1) is 11.3. The highest BCUT2D eigenvalue weighted by Gasteiger charge is 2.09. The first kappa shape index (κ1) is 15.6. The van der Waals surface area contributed by atoms with Gasteiger partial charge < -0.3 is 4.74 Å². The van der Waals surface area contributed by atoms with Crippen LogP contribution >= 0.6 is 11.8 Å². The van der Waals surface area contributed by atoms with E-state index in [1.807, 2.05) is 36.4 Å². The number of nitrogens with zero attached hydrogens (tertiary/aromatic N) is 4. The molecule has 0 saturated carbocycles. The molecule has 0 aliphatic rings. The van der Waals surface area contributed by atoms with Crippen molar-refractivity contribution in [3.05, 3.63) is 59.7 Å². The van der Waals surface area contributed by atoms with Gasteiger partial charge in [-0.05, 0) is 47.5 Å². The molecule has 6 heteroatoms. The zero-order chi connectivity index (χ0) is 16.1. The average molecular weight is 326 g/mol. The van der Waals surface area contributed by atoms with Gasteiger partial charge in [0.25, 0.3) is 0 Å². The fourth-order valence-corrected chi connectivity index (χ4v) is 3.01. The fraction of sp³-hybridized carbons (Fsp3) is 0.235. The Bertz CT molecular complexity index is 753. The Balaban J connectivity index is 1.59. The minimum Gasteiger partial charge on any atom is -0.492 e. The van der Waals surface area contributed by atoms with Crippen molar-refractivity contribution in [2.24, 2.45) is 0 Å². The second kappa shape index (κ2) is 7.28. The van der Waals surface area contributed by atoms with E-state index in [2.05, 4.69) is 41.5 Å². The molecule has 5 nitrogen and oxygen atoms in total. The summed E-state index contributed by atoms with van der Waals surface area (Å²) in [5.74, 6) is 1.75. The average Bonchev–Trinajstić information content (AvgIpc) is 3.03. The third kappa shape index (κ3) is 3.71. The van der Waals surface area contributed by atoms with Gasteiger partial charge in [-0.3, -0.25) is 0 Å². The molecule has 0 saturated heterocycles. The molecule has 118 valence electrons. The monoisotopic (exact) mass is 326 g/mol. The molecular formula is C17H18N4OS. The third-order valence-electron chi connectivity index (χ3n) is 3.41. The van der Waals surface area contributed by atoms with Crippen LogP contribution in [0.25, 0.3) is 5.69 Å². The second-order valence-corrected chi connectivity index (χ2v) is 6.19. The first-order valence-electron chi connectivity index (χ1n) is 7.41. The quantitative estimate of drug-likeness (QED) is 0.513. The maximum atomic E-state index is 5.91. The molecule has 0 unspecified atom stereocenters. The van der Waals surface area contributed by atoms with E-state index >= 15 is 0 Å². The summed E-state index contributed by atoms with van der Waals surface area (Å²) >= 11 is 1.58. The van der Waals surface area contributed by atoms with Gasteiger partial charge in [-0.1, -0.05) is 48.2 Å². The Morgan fingerprint density at radius 1 is 1.00 bits per heavy atom. The minimum absolute atomic E-state index is 0.609. The number of aryl methyl sites for hydroxylation is 2. The molecule has 23 heavy (non-hydrogen) atoms. The largest absolute Gasteiger partial charge is 0.492 e. The number of benzene rings is 2. The number of rotatable bonds is 6. The molecule has 0 N–H and O–H groups in total. The predicted octanol–water partition coefficient (Wildman–Crippen LogP) is 3.45. The van der Waals surface area contributed by atoms with Crippen LogP contribution in [0.2, 0.25) is 0 Å². The summed E-state index contributed by atoms with van der Waals surface area (Å²) in [4.78, 5) is 0. The van der Waals surface area contributed by atoms with Gasteiger partial charge in [0.15, 0.2) is 0 Å². The maximum absolute atomic E-state index is 5.91. The highest BCUT2D eigenvalue weighted by Crippen LogP contribution is 2.23. The van der Waals surface area contributed by atoms with Crippen molar-refractivity contribution in [1.29, 1.82) is 0 Å². The van der Waals surface area contributed by atoms with Gasteiger partial charge in [0.05, 0.1) is 12.3 Å². The molecule has 1 heterocycles. The summed E-state index contributed by atoms with van der Waals surface area (Å²) in [6.07, 6.45) is 0. The van der Waals surface area contributed by atoms with Gasteiger partial charge in [0, 0.05) is 5.75 Å². The summed E-state index contributed by atoms with van der Waals surface area (Å²) in [7, 11) is 0. The van der Waals surface area contributed by atoms with Crippen molar-refractivity contribution in [2.75, 3.05) is 12.4 Å². The highest BCUT2D eigenvalue weighted by molar-refractivity contribution is 7.99. The maximum Gasteiger partial charge on any atom is 0.214 e. The third-order valence-corrected chi connectivity index (χ3v) is 4.29. The molecule has 0 atom stereocenters. The Labute approximate surface area is 139 Å². The molecule has 0 spiro atoms. The van der Waals surface area contributed by atoms with Crippen LogP contribution in [0.4, 0.5) is 0 Å². The van der Waals surface area contributed by atoms with Crippen LogP contribution < -0.4 is 4.74 Å². The number of tetrazole rings is 1. The lowest BCUT2D eigenvalue weighted by atomic mass is 10.1. The van der Waals surface area contributed by atoms with Gasteiger partial charge in [-0.25, -0.2) is 0 Å². The smallest absolute Gasteiger partial charge is 0.214 e. The van der Waals surface area contributed by atoms with E-state index in [1.165, 1.54) is 0 Å². The van der Waals surface area contributed by atoms with Crippen LogP contribution in [-0.4, -0.2) is 32.6 Å². The molecular weight excluding hydrogens is 308 g/mol. The summed E-state index contributed by atoms with van der Waals surface area (Å²) in [5, 5.41) is 12.7. The lowest BCUT2D eigenvalue weighted by molar-refractivity contribution is 0.339. The summed E-state index contributed by atoms with van der Waals surface area (Å²) in [5.41, 5.74) is 3.27. The first-order valence-corrected chi connectivity index (χ1v) is 8.40. The number of aromatic nitrogens is 4. The lowest BCUT2D eigenvalue weighted by Gasteiger charge is -2.11. The highest BCUT2D eigenvalue weighted by atomic mass is 32.2. The molecule has 1 aromatic heterocycles. The number of ether oxygens (including phenoxy) is 1. The lowest BCUT2D eigenvalue weighted by Crippen LogP contribution is -2.05. The van der Waals surface area contributed by atoms with Gasteiger partial charge in [-0.15, -0.1) is 5.10 Å². The van der Waals surface area contributed by atoms with Gasteiger partial charge in [-0.2, -0.15) is 4.68 Å². The van der Waals surface area contributed by atoms with Crippen molar-refractivity contribution < 1.29 is 4.74 Å². The van der Waals surface area contributed by atoms with Crippen LogP contribution in [0.3, 0.4) is 0 Å². The fourth-order valence-electron chi connectivity index (χ4n) is 2.30. The Morgan fingerprint density at radius 3 is 2.48 bits per heavy atom. The van der Waals surface area contributed by atoms with Crippen molar-refractivity contribution in [3.8, 4) is 11.4 Å². The van der Waals surface area contributed by atoms with Crippen LogP contribution in [-0.2, 0) is 0 Å². The Hall–Kier alpha value is -2.34. The molecule has 0 radical (unpaired) electrons. The normalized spacial score (nSPS) is 10.7. The van der Waals surface area contributed by atoms with E-state index in [9.17, 15) is 0 Å². The van der Waals surface area contributed by atoms with Crippen LogP contribution in [0.5, 0.6) is 5.75 Å². The van der Waals surface area contributed by atoms with Crippen molar-refractivity contribution in [2.45, 2.75) is 19.0 Å². The van der Waals surface area contributed by atoms with Gasteiger partial charge in [0.1, 0.15) is 5.75 Å². The number of hydrogen-bond donors (Lipinski definition) is 0. The SMILES string of the molecule is Cc1cccc(C)c1OCCSc1nnnn1-c1ccccc1. The summed E-state index contributed by atoms with van der Waals surface area (Å²) in [6.45, 7) is 4.73. The minimum atomic E-state index is 0.609. The number of thioether (sulfide) groups is 1. The Kier molecular flexibility index (Phi) is 4.92. The van der Waals surface area contributed by atoms with Gasteiger partial charge in [0.2, 0.25) is 5.16 Å². The van der Waals surface area contributed by atoms with Crippen LogP contribution in [0.15, 0.2) is 53.7 Å². The van der Waals surface area contributed by atoms with Crippen molar-refractivity contribution in [3.63, 3.8) is 0 Å². The number of hydrogen-bond acceptors (Lipinski definition) is 5. The zero-order valence-corrected chi connectivity index (χ0v) is 14.0. The molecule has 0 amide bonds. The molecule has 0 fully saturated rings. The van der Waals surface area contributed by atoms with E-state index in [0.717, 1.165) is 33.5 Å². The molecule has 0 bridgehead atoms. The topological polar surface area (TPSA) is 52.8 Å². The molecule has 3 rings (SSSR count). The van der Waals surface area contributed by atoms with Crippen LogP contribution in [0.1, 0.15) is 11.1 Å². The van der Waals surface area contributed by atoms with E-state index in [1.54, 1.807) is 16.4 Å². The van der Waals surface area contributed by atoms with Crippen LogP contribution in [0, 0.1) is 13.8 Å². The zero-order valence-electron chi connectivity index (χ0n) is 13.1. The number of para-hydroxylation sites is 2. The summed E-state index contributed by atoms with van der Waals surface area (Å²) in [6, 6.07) is 16.0. The molecule has 0 aliphatic carbocycles. The van der Waals surface area contributed by atoms with Crippen molar-refractivity contribution in [1.82, 2.24) is 20.2 Å². The summed E-state index contributed by atoms with van der Waals surface area (Å²) < 4.78 is 7.65. The van der Waals surface area contributed by atoms with Crippen molar-refractivity contribution >= 4 is 11.8 Å². The van der Waals surface area contributed by atoms with E-state index < -0.39 is 0 Å². The van der Waals surface area contributed by atoms with Gasteiger partial charge >= 0.3 is 0 Å². The van der Waals surface area contributed by atoms with E-state index in [-0.39, 0.29) is 0 Å². The van der Waals surface area contributed by atoms with E-state index in [0.29, 0.717) is 6.61 Å². The van der Waals surface area contributed by atoms with E-state index in [4.69, 9.17) is 4.74 Å². The molecule has 2 aromatic carbocycles. The molecule has 3 aromatic rings. The Morgan fingerprint density at radius 2 is 1.74 bits per heavy atom.